The molecule has 142 valence electrons. The number of halogens is 2. The number of nitro groups is 1. The van der Waals surface area contributed by atoms with Crippen LogP contribution in [0.2, 0.25) is 10.0 Å². The van der Waals surface area contributed by atoms with Crippen molar-refractivity contribution in [1.82, 2.24) is 9.80 Å². The van der Waals surface area contributed by atoms with Crippen LogP contribution < -0.4 is 0 Å². The molecule has 0 N–H and O–H groups in total. The number of piperazine rings is 1. The first-order valence-electron chi connectivity index (χ1n) is 8.30. The number of hydrogen-bond donors (Lipinski definition) is 0. The van der Waals surface area contributed by atoms with E-state index in [9.17, 15) is 14.9 Å². The van der Waals surface area contributed by atoms with Crippen LogP contribution in [0.4, 0.5) is 5.88 Å². The maximum atomic E-state index is 12.3. The van der Waals surface area contributed by atoms with Crippen LogP contribution in [0.25, 0.3) is 6.08 Å². The van der Waals surface area contributed by atoms with Crippen molar-refractivity contribution in [3.8, 4) is 0 Å². The van der Waals surface area contributed by atoms with Gasteiger partial charge in [0.1, 0.15) is 10.7 Å². The van der Waals surface area contributed by atoms with Gasteiger partial charge in [0, 0.05) is 54.4 Å². The molecule has 0 unspecified atom stereocenters. The number of rotatable bonds is 5. The summed E-state index contributed by atoms with van der Waals surface area (Å²) in [6.07, 6.45) is 2.80. The Morgan fingerprint density at radius 2 is 1.81 bits per heavy atom. The van der Waals surface area contributed by atoms with Crippen molar-refractivity contribution < 1.29 is 14.1 Å². The molecule has 0 saturated carbocycles. The van der Waals surface area contributed by atoms with Gasteiger partial charge in [0.2, 0.25) is 5.91 Å². The highest BCUT2D eigenvalue weighted by atomic mass is 35.5. The number of carbonyl (C=O) groups is 1. The normalized spacial score (nSPS) is 15.4. The number of nitrogens with zero attached hydrogens (tertiary/aromatic N) is 3. The lowest BCUT2D eigenvalue weighted by molar-refractivity contribution is -0.402. The number of furan rings is 1. The number of carbonyl (C=O) groups excluding carboxylic acids is 1. The van der Waals surface area contributed by atoms with Crippen molar-refractivity contribution in [3.05, 3.63) is 67.9 Å². The summed E-state index contributed by atoms with van der Waals surface area (Å²) < 4.78 is 5.00. The van der Waals surface area contributed by atoms with Gasteiger partial charge in [-0.15, -0.1) is 0 Å². The molecule has 1 amide bonds. The molecule has 0 aliphatic carbocycles. The average molecular weight is 410 g/mol. The molecule has 1 saturated heterocycles. The molecular formula is C18H17Cl2N3O4. The summed E-state index contributed by atoms with van der Waals surface area (Å²) in [5.74, 6) is -0.250. The van der Waals surface area contributed by atoms with Crippen LogP contribution in [-0.2, 0) is 11.3 Å². The van der Waals surface area contributed by atoms with Crippen molar-refractivity contribution in [3.63, 3.8) is 0 Å². The molecule has 1 aliphatic rings. The molecule has 1 fully saturated rings. The van der Waals surface area contributed by atoms with E-state index in [1.807, 2.05) is 18.2 Å². The quantitative estimate of drug-likeness (QED) is 0.425. The maximum Gasteiger partial charge on any atom is 0.433 e. The highest BCUT2D eigenvalue weighted by Gasteiger charge is 2.21. The molecule has 0 radical (unpaired) electrons. The van der Waals surface area contributed by atoms with Crippen LogP contribution in [-0.4, -0.2) is 46.8 Å². The second-order valence-corrected chi connectivity index (χ2v) is 6.88. The van der Waals surface area contributed by atoms with Crippen LogP contribution in [0.5, 0.6) is 0 Å². The Kier molecular flexibility index (Phi) is 6.15. The topological polar surface area (TPSA) is 79.8 Å². The minimum atomic E-state index is -0.621. The molecule has 3 rings (SSSR count). The fourth-order valence-corrected chi connectivity index (χ4v) is 3.34. The van der Waals surface area contributed by atoms with Crippen LogP contribution in [0.1, 0.15) is 11.3 Å². The van der Waals surface area contributed by atoms with E-state index in [1.165, 1.54) is 24.3 Å². The van der Waals surface area contributed by atoms with Gasteiger partial charge in [0.15, 0.2) is 0 Å². The van der Waals surface area contributed by atoms with Gasteiger partial charge in [0.25, 0.3) is 0 Å². The molecule has 0 atom stereocenters. The summed E-state index contributed by atoms with van der Waals surface area (Å²) in [6.45, 7) is 3.18. The van der Waals surface area contributed by atoms with E-state index in [0.717, 1.165) is 5.56 Å². The predicted molar refractivity (Wildman–Crippen MR) is 103 cm³/mol. The van der Waals surface area contributed by atoms with E-state index in [4.69, 9.17) is 27.6 Å². The Hall–Kier alpha value is -2.35. The molecule has 1 aliphatic heterocycles. The lowest BCUT2D eigenvalue weighted by Crippen LogP contribution is -2.47. The standard InChI is InChI=1S/C18H17Cl2N3O4/c19-15-2-1-3-16(20)14(15)12-21-8-10-22(11-9-21)17(24)6-4-13-5-7-18(27-13)23(25)26/h1-7H,8-12H2/b6-4+. The molecular weight excluding hydrogens is 393 g/mol. The maximum absolute atomic E-state index is 12.3. The third-order valence-corrected chi connectivity index (χ3v) is 5.02. The van der Waals surface area contributed by atoms with Crippen LogP contribution >= 0.6 is 23.2 Å². The zero-order valence-corrected chi connectivity index (χ0v) is 15.8. The third kappa shape index (κ3) is 4.88. The second kappa shape index (κ2) is 8.56. The highest BCUT2D eigenvalue weighted by Crippen LogP contribution is 2.26. The van der Waals surface area contributed by atoms with Crippen molar-refractivity contribution in [2.45, 2.75) is 6.54 Å². The molecule has 2 heterocycles. The first-order chi connectivity index (χ1) is 12.9. The number of hydrogen-bond acceptors (Lipinski definition) is 5. The molecule has 27 heavy (non-hydrogen) atoms. The van der Waals surface area contributed by atoms with Gasteiger partial charge >= 0.3 is 5.88 Å². The van der Waals surface area contributed by atoms with Crippen molar-refractivity contribution >= 4 is 41.1 Å². The summed E-state index contributed by atoms with van der Waals surface area (Å²) in [5, 5.41) is 11.9. The lowest BCUT2D eigenvalue weighted by Gasteiger charge is -2.34. The molecule has 0 bridgehead atoms. The minimum Gasteiger partial charge on any atom is -0.401 e. The van der Waals surface area contributed by atoms with Gasteiger partial charge in [-0.3, -0.25) is 19.8 Å². The van der Waals surface area contributed by atoms with Gasteiger partial charge in [-0.1, -0.05) is 29.3 Å². The van der Waals surface area contributed by atoms with Gasteiger partial charge in [0.05, 0.1) is 6.07 Å². The monoisotopic (exact) mass is 409 g/mol. The molecule has 9 heteroatoms. The summed E-state index contributed by atoms with van der Waals surface area (Å²) in [6, 6.07) is 8.14. The van der Waals surface area contributed by atoms with E-state index in [0.29, 0.717) is 42.8 Å². The predicted octanol–water partition coefficient (Wildman–Crippen LogP) is 3.85. The molecule has 0 spiro atoms. The fraction of sp³-hybridized carbons (Fsp3) is 0.278. The largest absolute Gasteiger partial charge is 0.433 e. The van der Waals surface area contributed by atoms with Crippen LogP contribution in [0.3, 0.4) is 0 Å². The van der Waals surface area contributed by atoms with E-state index < -0.39 is 4.92 Å². The Balaban J connectivity index is 1.53. The van der Waals surface area contributed by atoms with Crippen LogP contribution in [0, 0.1) is 10.1 Å². The highest BCUT2D eigenvalue weighted by molar-refractivity contribution is 6.35. The van der Waals surface area contributed by atoms with Gasteiger partial charge in [-0.05, 0) is 24.3 Å². The lowest BCUT2D eigenvalue weighted by atomic mass is 10.2. The van der Waals surface area contributed by atoms with Crippen molar-refractivity contribution in [2.75, 3.05) is 26.2 Å². The van der Waals surface area contributed by atoms with E-state index in [-0.39, 0.29) is 17.6 Å². The Labute approximate surface area is 165 Å². The van der Waals surface area contributed by atoms with E-state index in [2.05, 4.69) is 4.90 Å². The smallest absolute Gasteiger partial charge is 0.401 e. The number of amides is 1. The molecule has 2 aromatic rings. The third-order valence-electron chi connectivity index (χ3n) is 4.31. The average Bonchev–Trinajstić information content (AvgIpc) is 3.13. The van der Waals surface area contributed by atoms with E-state index in [1.54, 1.807) is 4.90 Å². The molecule has 1 aromatic heterocycles. The molecule has 7 nitrogen and oxygen atoms in total. The second-order valence-electron chi connectivity index (χ2n) is 6.07. The minimum absolute atomic E-state index is 0.163. The zero-order chi connectivity index (χ0) is 19.4. The zero-order valence-electron chi connectivity index (χ0n) is 14.3. The van der Waals surface area contributed by atoms with Gasteiger partial charge in [-0.2, -0.15) is 0 Å². The number of benzene rings is 1. The van der Waals surface area contributed by atoms with Crippen LogP contribution in [0.15, 0.2) is 40.8 Å². The van der Waals surface area contributed by atoms with Gasteiger partial charge < -0.3 is 9.32 Å². The Morgan fingerprint density at radius 1 is 1.15 bits per heavy atom. The molecule has 1 aromatic carbocycles. The summed E-state index contributed by atoms with van der Waals surface area (Å²) in [7, 11) is 0. The van der Waals surface area contributed by atoms with Crippen molar-refractivity contribution in [1.29, 1.82) is 0 Å². The Morgan fingerprint density at radius 3 is 2.41 bits per heavy atom. The first-order valence-corrected chi connectivity index (χ1v) is 9.06. The fourth-order valence-electron chi connectivity index (χ4n) is 2.82. The Bertz CT molecular complexity index is 853. The summed E-state index contributed by atoms with van der Waals surface area (Å²) >= 11 is 12.4. The first kappa shape index (κ1) is 19.4. The van der Waals surface area contributed by atoms with Crippen molar-refractivity contribution in [2.24, 2.45) is 0 Å². The summed E-state index contributed by atoms with van der Waals surface area (Å²) in [4.78, 5) is 26.2. The summed E-state index contributed by atoms with van der Waals surface area (Å²) in [5.41, 5.74) is 0.889. The van der Waals surface area contributed by atoms with Gasteiger partial charge in [-0.25, -0.2) is 0 Å². The SMILES string of the molecule is O=C(/C=C/c1ccc([N+](=O)[O-])o1)N1CCN(Cc2c(Cl)cccc2Cl)CC1. The van der Waals surface area contributed by atoms with E-state index >= 15 is 0 Å².